The van der Waals surface area contributed by atoms with Crippen molar-refractivity contribution < 1.29 is 4.79 Å². The van der Waals surface area contributed by atoms with Gasteiger partial charge in [0.05, 0.1) is 5.69 Å². The van der Waals surface area contributed by atoms with Crippen molar-refractivity contribution in [3.8, 4) is 0 Å². The fourth-order valence-electron chi connectivity index (χ4n) is 3.24. The van der Waals surface area contributed by atoms with Crippen LogP contribution in [0.4, 0.5) is 0 Å². The van der Waals surface area contributed by atoms with Crippen LogP contribution in [0.2, 0.25) is 0 Å². The van der Waals surface area contributed by atoms with Crippen LogP contribution in [0.5, 0.6) is 0 Å². The molecule has 0 spiro atoms. The number of aryl methyl sites for hydroxylation is 2. The second kappa shape index (κ2) is 7.42. The minimum Gasteiger partial charge on any atom is -0.342 e. The van der Waals surface area contributed by atoms with Crippen LogP contribution < -0.4 is 5.56 Å². The van der Waals surface area contributed by atoms with E-state index in [9.17, 15) is 9.59 Å². The second-order valence-electron chi connectivity index (χ2n) is 6.31. The molecule has 0 saturated carbocycles. The molecule has 0 radical (unpaired) electrons. The molecule has 7 nitrogen and oxygen atoms in total. The van der Waals surface area contributed by atoms with Gasteiger partial charge in [-0.15, -0.1) is 0 Å². The molecule has 1 amide bonds. The van der Waals surface area contributed by atoms with Crippen LogP contribution >= 0.6 is 0 Å². The van der Waals surface area contributed by atoms with Gasteiger partial charge in [-0.2, -0.15) is 5.10 Å². The van der Waals surface area contributed by atoms with Crippen molar-refractivity contribution in [1.82, 2.24) is 24.6 Å². The van der Waals surface area contributed by atoms with Gasteiger partial charge in [0.15, 0.2) is 0 Å². The highest BCUT2D eigenvalue weighted by Gasteiger charge is 2.25. The summed E-state index contributed by atoms with van der Waals surface area (Å²) in [4.78, 5) is 33.1. The molecule has 128 valence electrons. The van der Waals surface area contributed by atoms with Crippen LogP contribution in [0, 0.1) is 6.92 Å². The number of piperidine rings is 1. The number of rotatable bonds is 5. The maximum atomic E-state index is 12.4. The maximum absolute atomic E-state index is 12.4. The molecule has 3 rings (SSSR count). The van der Waals surface area contributed by atoms with Crippen LogP contribution in [-0.2, 0) is 11.3 Å². The zero-order chi connectivity index (χ0) is 16.9. The fraction of sp³-hybridized carbons (Fsp3) is 0.529. The number of H-pyrrole nitrogens is 1. The van der Waals surface area contributed by atoms with Gasteiger partial charge in [-0.25, -0.2) is 4.98 Å². The molecule has 0 aliphatic carbocycles. The highest BCUT2D eigenvalue weighted by Crippen LogP contribution is 2.25. The number of nitrogens with one attached hydrogen (secondary N) is 1. The molecule has 1 aliphatic rings. The zero-order valence-electron chi connectivity index (χ0n) is 13.9. The summed E-state index contributed by atoms with van der Waals surface area (Å²) in [5.74, 6) is 0.948. The molecule has 1 fully saturated rings. The normalized spacial score (nSPS) is 17.9. The Kier molecular flexibility index (Phi) is 5.08. The number of carbonyl (C=O) groups is 1. The van der Waals surface area contributed by atoms with Crippen molar-refractivity contribution in [3.63, 3.8) is 0 Å². The van der Waals surface area contributed by atoms with Crippen molar-refractivity contribution in [1.29, 1.82) is 0 Å². The predicted octanol–water partition coefficient (Wildman–Crippen LogP) is 1.46. The van der Waals surface area contributed by atoms with E-state index in [2.05, 4.69) is 15.1 Å². The van der Waals surface area contributed by atoms with E-state index in [1.54, 1.807) is 19.2 Å². The third-order valence-electron chi connectivity index (χ3n) is 4.41. The zero-order valence-corrected chi connectivity index (χ0v) is 13.9. The van der Waals surface area contributed by atoms with Crippen LogP contribution in [-0.4, -0.2) is 43.6 Å². The molecule has 3 heterocycles. The van der Waals surface area contributed by atoms with Crippen LogP contribution in [0.25, 0.3) is 0 Å². The standard InChI is InChI=1S/C17H23N5O2/c1-13-19-15(11-16(23)20-13)14-5-2-8-21(12-14)17(24)6-3-9-22-10-4-7-18-22/h4,7,10-11,14H,2-3,5-6,8-9,12H2,1H3,(H,19,20,23). The first-order valence-corrected chi connectivity index (χ1v) is 8.45. The van der Waals surface area contributed by atoms with Gasteiger partial charge in [-0.3, -0.25) is 14.3 Å². The van der Waals surface area contributed by atoms with E-state index in [1.165, 1.54) is 0 Å². The van der Waals surface area contributed by atoms with Gasteiger partial charge in [0.25, 0.3) is 5.56 Å². The van der Waals surface area contributed by atoms with E-state index in [4.69, 9.17) is 0 Å². The Hall–Kier alpha value is -2.44. The number of amides is 1. The Morgan fingerprint density at radius 3 is 3.08 bits per heavy atom. The number of carbonyl (C=O) groups excluding carboxylic acids is 1. The monoisotopic (exact) mass is 329 g/mol. The van der Waals surface area contributed by atoms with E-state index < -0.39 is 0 Å². The molecule has 7 heteroatoms. The average Bonchev–Trinajstić information content (AvgIpc) is 3.07. The van der Waals surface area contributed by atoms with Gasteiger partial charge in [0.2, 0.25) is 5.91 Å². The molecule has 1 unspecified atom stereocenters. The van der Waals surface area contributed by atoms with E-state index >= 15 is 0 Å². The molecule has 1 N–H and O–H groups in total. The van der Waals surface area contributed by atoms with Crippen molar-refractivity contribution in [2.24, 2.45) is 0 Å². The van der Waals surface area contributed by atoms with E-state index in [1.807, 2.05) is 21.8 Å². The van der Waals surface area contributed by atoms with Crippen molar-refractivity contribution >= 4 is 5.91 Å². The predicted molar refractivity (Wildman–Crippen MR) is 89.6 cm³/mol. The third-order valence-corrected chi connectivity index (χ3v) is 4.41. The molecule has 2 aromatic rings. The van der Waals surface area contributed by atoms with Gasteiger partial charge < -0.3 is 9.88 Å². The smallest absolute Gasteiger partial charge is 0.251 e. The lowest BCUT2D eigenvalue weighted by Gasteiger charge is -2.32. The summed E-state index contributed by atoms with van der Waals surface area (Å²) in [7, 11) is 0. The van der Waals surface area contributed by atoms with Gasteiger partial charge >= 0.3 is 0 Å². The Morgan fingerprint density at radius 2 is 2.33 bits per heavy atom. The first-order chi connectivity index (χ1) is 11.6. The number of hydrogen-bond acceptors (Lipinski definition) is 4. The number of aromatic nitrogens is 4. The number of nitrogens with zero attached hydrogens (tertiary/aromatic N) is 4. The molecule has 0 bridgehead atoms. The first kappa shape index (κ1) is 16.4. The molecular formula is C17H23N5O2. The van der Waals surface area contributed by atoms with Crippen molar-refractivity contribution in [2.45, 2.75) is 45.1 Å². The summed E-state index contributed by atoms with van der Waals surface area (Å²) >= 11 is 0. The molecule has 2 aromatic heterocycles. The first-order valence-electron chi connectivity index (χ1n) is 8.45. The summed E-state index contributed by atoms with van der Waals surface area (Å²) in [5, 5.41) is 4.14. The van der Waals surface area contributed by atoms with Crippen LogP contribution in [0.1, 0.15) is 43.1 Å². The highest BCUT2D eigenvalue weighted by atomic mass is 16.2. The Morgan fingerprint density at radius 1 is 1.46 bits per heavy atom. The van der Waals surface area contributed by atoms with E-state index in [0.717, 1.165) is 38.0 Å². The van der Waals surface area contributed by atoms with Gasteiger partial charge in [0, 0.05) is 50.4 Å². The number of hydrogen-bond donors (Lipinski definition) is 1. The Balaban J connectivity index is 1.56. The number of aromatic amines is 1. The Bertz CT molecular complexity index is 738. The van der Waals surface area contributed by atoms with Crippen molar-refractivity contribution in [3.05, 3.63) is 46.4 Å². The van der Waals surface area contributed by atoms with Gasteiger partial charge in [-0.1, -0.05) is 0 Å². The Labute approximate surface area is 140 Å². The summed E-state index contributed by atoms with van der Waals surface area (Å²) in [6, 6.07) is 3.44. The van der Waals surface area contributed by atoms with Crippen LogP contribution in [0.15, 0.2) is 29.3 Å². The van der Waals surface area contributed by atoms with Gasteiger partial charge in [0.1, 0.15) is 5.82 Å². The molecule has 1 saturated heterocycles. The average molecular weight is 329 g/mol. The molecule has 1 aliphatic heterocycles. The largest absolute Gasteiger partial charge is 0.342 e. The summed E-state index contributed by atoms with van der Waals surface area (Å²) in [5.41, 5.74) is 0.672. The van der Waals surface area contributed by atoms with E-state index in [-0.39, 0.29) is 17.4 Å². The lowest BCUT2D eigenvalue weighted by Crippen LogP contribution is -2.39. The summed E-state index contributed by atoms with van der Waals surface area (Å²) < 4.78 is 1.84. The SMILES string of the molecule is Cc1nc(C2CCCN(C(=O)CCCn3cccn3)C2)cc(=O)[nH]1. The number of likely N-dealkylation sites (tertiary alicyclic amines) is 1. The van der Waals surface area contributed by atoms with Crippen molar-refractivity contribution in [2.75, 3.05) is 13.1 Å². The third kappa shape index (κ3) is 4.10. The molecular weight excluding hydrogens is 306 g/mol. The molecule has 1 atom stereocenters. The lowest BCUT2D eigenvalue weighted by molar-refractivity contribution is -0.132. The van der Waals surface area contributed by atoms with Gasteiger partial charge in [-0.05, 0) is 32.3 Å². The summed E-state index contributed by atoms with van der Waals surface area (Å²) in [6.07, 6.45) is 6.87. The molecule has 24 heavy (non-hydrogen) atoms. The minimum atomic E-state index is -0.125. The highest BCUT2D eigenvalue weighted by molar-refractivity contribution is 5.76. The molecule has 0 aromatic carbocycles. The van der Waals surface area contributed by atoms with Crippen LogP contribution in [0.3, 0.4) is 0 Å². The second-order valence-corrected chi connectivity index (χ2v) is 6.31. The lowest BCUT2D eigenvalue weighted by atomic mass is 9.94. The fourth-order valence-corrected chi connectivity index (χ4v) is 3.24. The maximum Gasteiger partial charge on any atom is 0.251 e. The summed E-state index contributed by atoms with van der Waals surface area (Å²) in [6.45, 7) is 3.98. The van der Waals surface area contributed by atoms with E-state index in [0.29, 0.717) is 18.8 Å². The topological polar surface area (TPSA) is 83.9 Å². The minimum absolute atomic E-state index is 0.125. The quantitative estimate of drug-likeness (QED) is 0.900.